The molecule has 1 aromatic heterocycles. The van der Waals surface area contributed by atoms with Gasteiger partial charge in [0.05, 0.1) is 13.2 Å². The van der Waals surface area contributed by atoms with Crippen molar-refractivity contribution >= 4 is 17.5 Å². The molecule has 1 aliphatic heterocycles. The molecule has 0 aromatic carbocycles. The van der Waals surface area contributed by atoms with Gasteiger partial charge < -0.3 is 14.8 Å². The number of aromatic nitrogens is 3. The van der Waals surface area contributed by atoms with Crippen LogP contribution in [0.5, 0.6) is 6.01 Å². The Bertz CT molecular complexity index is 385. The highest BCUT2D eigenvalue weighted by atomic mass is 35.5. The lowest BCUT2D eigenvalue weighted by atomic mass is 10.0. The van der Waals surface area contributed by atoms with Gasteiger partial charge in [-0.05, 0) is 37.3 Å². The molecular weight excluding hydrogens is 256 g/mol. The fourth-order valence-corrected chi connectivity index (χ4v) is 1.96. The number of nitrogens with one attached hydrogen (secondary N) is 1. The lowest BCUT2D eigenvalue weighted by Gasteiger charge is -2.22. The highest BCUT2D eigenvalue weighted by Crippen LogP contribution is 2.15. The first-order chi connectivity index (χ1) is 8.78. The van der Waals surface area contributed by atoms with Crippen LogP contribution in [0.25, 0.3) is 0 Å². The smallest absolute Gasteiger partial charge is 0.322 e. The fraction of sp³-hybridized carbons (Fsp3) is 0.727. The van der Waals surface area contributed by atoms with E-state index in [-0.39, 0.29) is 11.3 Å². The lowest BCUT2D eigenvalue weighted by molar-refractivity contribution is 0.0594. The monoisotopic (exact) mass is 272 g/mol. The van der Waals surface area contributed by atoms with Gasteiger partial charge in [0.25, 0.3) is 0 Å². The Morgan fingerprint density at radius 2 is 2.33 bits per heavy atom. The van der Waals surface area contributed by atoms with E-state index in [2.05, 4.69) is 20.3 Å². The van der Waals surface area contributed by atoms with Crippen molar-refractivity contribution < 1.29 is 9.47 Å². The average molecular weight is 273 g/mol. The first kappa shape index (κ1) is 13.3. The summed E-state index contributed by atoms with van der Waals surface area (Å²) in [4.78, 5) is 12.0. The van der Waals surface area contributed by atoms with Crippen LogP contribution in [-0.4, -0.2) is 41.3 Å². The third kappa shape index (κ3) is 3.96. The van der Waals surface area contributed by atoms with E-state index in [1.165, 1.54) is 0 Å². The molecule has 0 amide bonds. The molecule has 1 fully saturated rings. The summed E-state index contributed by atoms with van der Waals surface area (Å²) in [6.45, 7) is 4.78. The predicted molar refractivity (Wildman–Crippen MR) is 68.0 cm³/mol. The average Bonchev–Trinajstić information content (AvgIpc) is 2.37. The van der Waals surface area contributed by atoms with Crippen molar-refractivity contribution in [1.82, 2.24) is 15.0 Å². The van der Waals surface area contributed by atoms with E-state index in [0.717, 1.165) is 32.6 Å². The second-order valence-corrected chi connectivity index (χ2v) is 4.45. The standard InChI is InChI=1S/C11H17ClN4O2/c1-2-18-11-15-9(12)14-10(16-11)13-6-8-4-3-5-17-7-8/h8H,2-7H2,1H3,(H,13,14,15,16). The van der Waals surface area contributed by atoms with Crippen LogP contribution in [0, 0.1) is 5.92 Å². The van der Waals surface area contributed by atoms with Gasteiger partial charge in [-0.3, -0.25) is 0 Å². The molecule has 0 bridgehead atoms. The molecule has 1 saturated heterocycles. The van der Waals surface area contributed by atoms with E-state index >= 15 is 0 Å². The summed E-state index contributed by atoms with van der Waals surface area (Å²) in [6, 6.07) is 0.250. The Morgan fingerprint density at radius 1 is 1.44 bits per heavy atom. The van der Waals surface area contributed by atoms with Crippen LogP contribution < -0.4 is 10.1 Å². The summed E-state index contributed by atoms with van der Waals surface area (Å²) in [5.41, 5.74) is 0. The topological polar surface area (TPSA) is 69.2 Å². The maximum Gasteiger partial charge on any atom is 0.322 e. The van der Waals surface area contributed by atoms with Crippen LogP contribution in [0.2, 0.25) is 5.28 Å². The van der Waals surface area contributed by atoms with E-state index in [1.54, 1.807) is 0 Å². The van der Waals surface area contributed by atoms with Crippen LogP contribution in [0.15, 0.2) is 0 Å². The number of anilines is 1. The van der Waals surface area contributed by atoms with E-state index in [9.17, 15) is 0 Å². The van der Waals surface area contributed by atoms with Crippen LogP contribution in [0.3, 0.4) is 0 Å². The van der Waals surface area contributed by atoms with Gasteiger partial charge in [-0.25, -0.2) is 0 Å². The largest absolute Gasteiger partial charge is 0.464 e. The highest BCUT2D eigenvalue weighted by molar-refractivity contribution is 6.28. The van der Waals surface area contributed by atoms with Crippen molar-refractivity contribution in [3.63, 3.8) is 0 Å². The Kier molecular flexibility index (Phi) is 4.95. The van der Waals surface area contributed by atoms with E-state index < -0.39 is 0 Å². The van der Waals surface area contributed by atoms with Crippen molar-refractivity contribution in [2.24, 2.45) is 5.92 Å². The lowest BCUT2D eigenvalue weighted by Crippen LogP contribution is -2.25. The van der Waals surface area contributed by atoms with Gasteiger partial charge in [-0.2, -0.15) is 15.0 Å². The molecule has 1 unspecified atom stereocenters. The van der Waals surface area contributed by atoms with Crippen molar-refractivity contribution in [2.45, 2.75) is 19.8 Å². The van der Waals surface area contributed by atoms with Crippen molar-refractivity contribution in [3.8, 4) is 6.01 Å². The minimum absolute atomic E-state index is 0.135. The third-order valence-electron chi connectivity index (χ3n) is 2.66. The van der Waals surface area contributed by atoms with Crippen LogP contribution >= 0.6 is 11.6 Å². The summed E-state index contributed by atoms with van der Waals surface area (Å²) < 4.78 is 10.6. The molecule has 0 saturated carbocycles. The Morgan fingerprint density at radius 3 is 3.06 bits per heavy atom. The second kappa shape index (κ2) is 6.70. The first-order valence-electron chi connectivity index (χ1n) is 6.14. The summed E-state index contributed by atoms with van der Waals surface area (Å²) in [5.74, 6) is 0.939. The highest BCUT2D eigenvalue weighted by Gasteiger charge is 2.14. The second-order valence-electron chi connectivity index (χ2n) is 4.11. The SMILES string of the molecule is CCOc1nc(Cl)nc(NCC2CCCOC2)n1. The van der Waals surface area contributed by atoms with Gasteiger partial charge in [0.1, 0.15) is 0 Å². The van der Waals surface area contributed by atoms with Gasteiger partial charge in [-0.15, -0.1) is 0 Å². The first-order valence-corrected chi connectivity index (χ1v) is 6.51. The molecule has 2 heterocycles. The predicted octanol–water partition coefficient (Wildman–Crippen LogP) is 1.76. The van der Waals surface area contributed by atoms with E-state index in [4.69, 9.17) is 21.1 Å². The quantitative estimate of drug-likeness (QED) is 0.881. The fourth-order valence-electron chi connectivity index (χ4n) is 1.81. The summed E-state index contributed by atoms with van der Waals surface area (Å²) in [6.07, 6.45) is 2.26. The Labute approximate surface area is 111 Å². The molecule has 18 heavy (non-hydrogen) atoms. The zero-order valence-corrected chi connectivity index (χ0v) is 11.1. The molecule has 6 nitrogen and oxygen atoms in total. The zero-order chi connectivity index (χ0) is 12.8. The summed E-state index contributed by atoms with van der Waals surface area (Å²) in [5, 5.41) is 3.28. The van der Waals surface area contributed by atoms with Crippen molar-refractivity contribution in [3.05, 3.63) is 5.28 Å². The molecule has 1 atom stereocenters. The molecule has 1 aliphatic rings. The molecule has 1 N–H and O–H groups in total. The van der Waals surface area contributed by atoms with Crippen molar-refractivity contribution in [1.29, 1.82) is 0 Å². The van der Waals surface area contributed by atoms with Gasteiger partial charge >= 0.3 is 6.01 Å². The maximum atomic E-state index is 5.80. The number of hydrogen-bond acceptors (Lipinski definition) is 6. The van der Waals surface area contributed by atoms with E-state index in [0.29, 0.717) is 18.5 Å². The Balaban J connectivity index is 1.91. The molecular formula is C11H17ClN4O2. The van der Waals surface area contributed by atoms with Crippen LogP contribution in [0.1, 0.15) is 19.8 Å². The number of rotatable bonds is 5. The molecule has 7 heteroatoms. The summed E-state index contributed by atoms with van der Waals surface area (Å²) >= 11 is 5.80. The molecule has 0 aliphatic carbocycles. The zero-order valence-electron chi connectivity index (χ0n) is 10.4. The number of hydrogen-bond donors (Lipinski definition) is 1. The number of ether oxygens (including phenoxy) is 2. The third-order valence-corrected chi connectivity index (χ3v) is 2.83. The normalized spacial score (nSPS) is 19.6. The van der Waals surface area contributed by atoms with Crippen LogP contribution in [0.4, 0.5) is 5.95 Å². The molecule has 2 rings (SSSR count). The minimum atomic E-state index is 0.135. The van der Waals surface area contributed by atoms with Crippen molar-refractivity contribution in [2.75, 3.05) is 31.7 Å². The Hall–Kier alpha value is -1.14. The number of halogens is 1. The van der Waals surface area contributed by atoms with E-state index in [1.807, 2.05) is 6.92 Å². The molecule has 100 valence electrons. The molecule has 0 spiro atoms. The van der Waals surface area contributed by atoms with Gasteiger partial charge in [0.15, 0.2) is 0 Å². The van der Waals surface area contributed by atoms with Gasteiger partial charge in [-0.1, -0.05) is 0 Å². The molecule has 0 radical (unpaired) electrons. The van der Waals surface area contributed by atoms with Crippen LogP contribution in [-0.2, 0) is 4.74 Å². The number of nitrogens with zero attached hydrogens (tertiary/aromatic N) is 3. The maximum absolute atomic E-state index is 5.80. The summed E-state index contributed by atoms with van der Waals surface area (Å²) in [7, 11) is 0. The minimum Gasteiger partial charge on any atom is -0.464 e. The van der Waals surface area contributed by atoms with Gasteiger partial charge in [0.2, 0.25) is 11.2 Å². The van der Waals surface area contributed by atoms with Gasteiger partial charge in [0, 0.05) is 13.2 Å². The molecule has 1 aromatic rings.